The summed E-state index contributed by atoms with van der Waals surface area (Å²) in [4.78, 5) is 12.6. The summed E-state index contributed by atoms with van der Waals surface area (Å²) in [6, 6.07) is 0.387. The van der Waals surface area contributed by atoms with Crippen molar-refractivity contribution < 1.29 is 4.79 Å². The minimum Gasteiger partial charge on any atom is -0.353 e. The number of hydrogen-bond acceptors (Lipinski definition) is 2. The van der Waals surface area contributed by atoms with Gasteiger partial charge in [-0.2, -0.15) is 0 Å². The van der Waals surface area contributed by atoms with Crippen molar-refractivity contribution in [2.24, 2.45) is 23.2 Å². The molecule has 1 saturated carbocycles. The molecule has 0 radical (unpaired) electrons. The minimum absolute atomic E-state index is 0.251. The van der Waals surface area contributed by atoms with Gasteiger partial charge >= 0.3 is 0 Å². The van der Waals surface area contributed by atoms with Crippen LogP contribution < -0.4 is 10.6 Å². The van der Waals surface area contributed by atoms with Gasteiger partial charge in [0.05, 0.1) is 0 Å². The highest BCUT2D eigenvalue weighted by molar-refractivity contribution is 5.82. The molecular weight excluding hydrogens is 236 g/mol. The molecule has 2 aliphatic rings. The maximum atomic E-state index is 12.6. The van der Waals surface area contributed by atoms with Crippen molar-refractivity contribution in [1.82, 2.24) is 10.6 Å². The van der Waals surface area contributed by atoms with Gasteiger partial charge in [0.25, 0.3) is 0 Å². The first-order valence-corrected chi connectivity index (χ1v) is 7.94. The Morgan fingerprint density at radius 3 is 2.47 bits per heavy atom. The van der Waals surface area contributed by atoms with Gasteiger partial charge in [0.2, 0.25) is 5.91 Å². The summed E-state index contributed by atoms with van der Waals surface area (Å²) in [7, 11) is 0. The zero-order valence-corrected chi connectivity index (χ0v) is 13.0. The number of hydrogen-bond donors (Lipinski definition) is 2. The predicted octanol–water partition coefficient (Wildman–Crippen LogP) is 2.56. The molecule has 3 nitrogen and oxygen atoms in total. The second kappa shape index (κ2) is 5.82. The molecule has 0 aromatic carbocycles. The van der Waals surface area contributed by atoms with E-state index in [0.29, 0.717) is 17.9 Å². The van der Waals surface area contributed by atoms with Gasteiger partial charge in [-0.1, -0.05) is 27.7 Å². The van der Waals surface area contributed by atoms with Crippen molar-refractivity contribution in [2.45, 2.75) is 59.4 Å². The zero-order valence-electron chi connectivity index (χ0n) is 13.0. The Morgan fingerprint density at radius 2 is 1.95 bits per heavy atom. The third kappa shape index (κ3) is 3.13. The molecule has 1 aliphatic carbocycles. The summed E-state index contributed by atoms with van der Waals surface area (Å²) in [5.41, 5.74) is -0.251. The van der Waals surface area contributed by atoms with E-state index < -0.39 is 0 Å². The van der Waals surface area contributed by atoms with Gasteiger partial charge in [0, 0.05) is 11.5 Å². The van der Waals surface area contributed by atoms with E-state index in [4.69, 9.17) is 0 Å². The van der Waals surface area contributed by atoms with Crippen molar-refractivity contribution in [3.63, 3.8) is 0 Å². The van der Waals surface area contributed by atoms with Crippen molar-refractivity contribution >= 4 is 5.91 Å². The van der Waals surface area contributed by atoms with Crippen LogP contribution in [0.3, 0.4) is 0 Å². The van der Waals surface area contributed by atoms with Crippen LogP contribution in [0.15, 0.2) is 0 Å². The van der Waals surface area contributed by atoms with Gasteiger partial charge in [-0.05, 0) is 56.5 Å². The van der Waals surface area contributed by atoms with E-state index in [0.717, 1.165) is 25.4 Å². The first kappa shape index (κ1) is 14.8. The molecule has 3 heteroatoms. The number of carbonyl (C=O) groups excluding carboxylic acids is 1. The lowest BCUT2D eigenvalue weighted by Gasteiger charge is -2.37. The van der Waals surface area contributed by atoms with Crippen molar-refractivity contribution in [3.05, 3.63) is 0 Å². The van der Waals surface area contributed by atoms with Crippen molar-refractivity contribution in [2.75, 3.05) is 13.1 Å². The van der Waals surface area contributed by atoms with Gasteiger partial charge in [-0.3, -0.25) is 4.79 Å². The third-order valence-electron chi connectivity index (χ3n) is 5.68. The first-order chi connectivity index (χ1) is 8.93. The van der Waals surface area contributed by atoms with Crippen molar-refractivity contribution in [1.29, 1.82) is 0 Å². The van der Waals surface area contributed by atoms with E-state index >= 15 is 0 Å². The van der Waals surface area contributed by atoms with Crippen LogP contribution in [-0.2, 0) is 4.79 Å². The van der Waals surface area contributed by atoms with Gasteiger partial charge in [0.15, 0.2) is 0 Å². The number of rotatable bonds is 3. The molecule has 0 aromatic heterocycles. The lowest BCUT2D eigenvalue weighted by Crippen LogP contribution is -2.50. The Hall–Kier alpha value is -0.570. The molecule has 1 heterocycles. The molecule has 0 aromatic rings. The molecule has 2 fully saturated rings. The topological polar surface area (TPSA) is 41.1 Å². The Balaban J connectivity index is 1.94. The Kier molecular flexibility index (Phi) is 4.54. The summed E-state index contributed by atoms with van der Waals surface area (Å²) in [5, 5.41) is 6.76. The standard InChI is InChI=1S/C16H30N2O/c1-11-7-8-14(12(11)2)18-15(19)16(3,4)13-6-5-9-17-10-13/h11-14,17H,5-10H2,1-4H3,(H,18,19). The molecule has 4 atom stereocenters. The SMILES string of the molecule is CC1CCC(NC(=O)C(C)(C)C2CCCNC2)C1C. The fraction of sp³-hybridized carbons (Fsp3) is 0.938. The highest BCUT2D eigenvalue weighted by Gasteiger charge is 2.40. The van der Waals surface area contributed by atoms with Crippen LogP contribution >= 0.6 is 0 Å². The molecule has 1 aliphatic heterocycles. The van der Waals surface area contributed by atoms with Crippen molar-refractivity contribution in [3.8, 4) is 0 Å². The summed E-state index contributed by atoms with van der Waals surface area (Å²) in [5.74, 6) is 2.08. The molecular formula is C16H30N2O. The fourth-order valence-electron chi connectivity index (χ4n) is 3.58. The molecule has 1 saturated heterocycles. The summed E-state index contributed by atoms with van der Waals surface area (Å²) < 4.78 is 0. The second-order valence-corrected chi connectivity index (χ2v) is 7.26. The minimum atomic E-state index is -0.251. The maximum absolute atomic E-state index is 12.6. The monoisotopic (exact) mass is 266 g/mol. The molecule has 2 N–H and O–H groups in total. The van der Waals surface area contributed by atoms with Crippen LogP contribution in [-0.4, -0.2) is 25.0 Å². The molecule has 4 unspecified atom stereocenters. The fourth-order valence-corrected chi connectivity index (χ4v) is 3.58. The number of carbonyl (C=O) groups is 1. The van der Waals surface area contributed by atoms with E-state index in [1.807, 2.05) is 0 Å². The maximum Gasteiger partial charge on any atom is 0.226 e. The highest BCUT2D eigenvalue weighted by atomic mass is 16.2. The largest absolute Gasteiger partial charge is 0.353 e. The van der Waals surface area contributed by atoms with E-state index in [9.17, 15) is 4.79 Å². The van der Waals surface area contributed by atoms with Crippen LogP contribution in [0.1, 0.15) is 53.4 Å². The van der Waals surface area contributed by atoms with Gasteiger partial charge in [-0.15, -0.1) is 0 Å². The quantitative estimate of drug-likeness (QED) is 0.824. The van der Waals surface area contributed by atoms with E-state index in [1.54, 1.807) is 0 Å². The smallest absolute Gasteiger partial charge is 0.226 e. The Labute approximate surface area is 117 Å². The summed E-state index contributed by atoms with van der Waals surface area (Å²) in [6.45, 7) is 10.9. The first-order valence-electron chi connectivity index (χ1n) is 7.94. The third-order valence-corrected chi connectivity index (χ3v) is 5.68. The highest BCUT2D eigenvalue weighted by Crippen LogP contribution is 2.35. The number of piperidine rings is 1. The van der Waals surface area contributed by atoms with E-state index in [-0.39, 0.29) is 11.3 Å². The second-order valence-electron chi connectivity index (χ2n) is 7.26. The summed E-state index contributed by atoms with van der Waals surface area (Å²) in [6.07, 6.45) is 4.76. The lowest BCUT2D eigenvalue weighted by molar-refractivity contribution is -0.133. The van der Waals surface area contributed by atoms with E-state index in [2.05, 4.69) is 38.3 Å². The number of amides is 1. The van der Waals surface area contributed by atoms with E-state index in [1.165, 1.54) is 19.3 Å². The number of nitrogens with one attached hydrogen (secondary N) is 2. The molecule has 0 spiro atoms. The molecule has 2 rings (SSSR count). The zero-order chi connectivity index (χ0) is 14.0. The molecule has 110 valence electrons. The summed E-state index contributed by atoms with van der Waals surface area (Å²) >= 11 is 0. The lowest BCUT2D eigenvalue weighted by atomic mass is 9.74. The normalized spacial score (nSPS) is 36.2. The van der Waals surface area contributed by atoms with Gasteiger partial charge in [-0.25, -0.2) is 0 Å². The van der Waals surface area contributed by atoms with Crippen LogP contribution in [0.5, 0.6) is 0 Å². The van der Waals surface area contributed by atoms with Crippen LogP contribution in [0.2, 0.25) is 0 Å². The Morgan fingerprint density at radius 1 is 1.21 bits per heavy atom. The molecule has 0 bridgehead atoms. The van der Waals surface area contributed by atoms with Crippen LogP contribution in [0, 0.1) is 23.2 Å². The van der Waals surface area contributed by atoms with Gasteiger partial charge < -0.3 is 10.6 Å². The van der Waals surface area contributed by atoms with Crippen LogP contribution in [0.4, 0.5) is 0 Å². The average molecular weight is 266 g/mol. The predicted molar refractivity (Wildman–Crippen MR) is 78.9 cm³/mol. The van der Waals surface area contributed by atoms with Gasteiger partial charge in [0.1, 0.15) is 0 Å². The average Bonchev–Trinajstić information content (AvgIpc) is 2.71. The Bertz CT molecular complexity index is 321. The molecule has 19 heavy (non-hydrogen) atoms. The molecule has 1 amide bonds. The van der Waals surface area contributed by atoms with Crippen LogP contribution in [0.25, 0.3) is 0 Å².